The van der Waals surface area contributed by atoms with Gasteiger partial charge in [-0.2, -0.15) is 0 Å². The lowest BCUT2D eigenvalue weighted by atomic mass is 9.77. The van der Waals surface area contributed by atoms with E-state index < -0.39 is 7.12 Å². The van der Waals surface area contributed by atoms with E-state index in [1.807, 2.05) is 40.8 Å². The first-order valence-electron chi connectivity index (χ1n) is 7.28. The summed E-state index contributed by atoms with van der Waals surface area (Å²) < 4.78 is 12.2. The highest BCUT2D eigenvalue weighted by atomic mass is 35.5. The quantitative estimate of drug-likeness (QED) is 0.833. The summed E-state index contributed by atoms with van der Waals surface area (Å²) in [6, 6.07) is 1.63. The maximum Gasteiger partial charge on any atom is 0.491 e. The molecule has 1 fully saturated rings. The van der Waals surface area contributed by atoms with Crippen LogP contribution in [0.3, 0.4) is 0 Å². The van der Waals surface area contributed by atoms with Crippen molar-refractivity contribution in [2.75, 3.05) is 19.3 Å². The van der Waals surface area contributed by atoms with Crippen molar-refractivity contribution < 1.29 is 9.31 Å². The Kier molecular flexibility index (Phi) is 4.87. The van der Waals surface area contributed by atoms with Crippen LogP contribution < -0.4 is 11.1 Å². The van der Waals surface area contributed by atoms with Crippen LogP contribution in [0, 0.1) is 0 Å². The van der Waals surface area contributed by atoms with Crippen LogP contribution in [0.25, 0.3) is 6.08 Å². The maximum absolute atomic E-state index is 6.23. The van der Waals surface area contributed by atoms with Gasteiger partial charge in [0.05, 0.1) is 16.2 Å². The largest absolute Gasteiger partial charge is 0.491 e. The van der Waals surface area contributed by atoms with E-state index >= 15 is 0 Å². The Morgan fingerprint density at radius 2 is 1.95 bits per heavy atom. The molecule has 7 heteroatoms. The number of pyridine rings is 1. The second kappa shape index (κ2) is 6.20. The van der Waals surface area contributed by atoms with Gasteiger partial charge >= 0.3 is 7.12 Å². The molecule has 5 nitrogen and oxygen atoms in total. The first-order chi connectivity index (χ1) is 10.2. The molecular formula is C15H23BClN3O2. The molecule has 0 aliphatic carbocycles. The maximum atomic E-state index is 6.23. The Balaban J connectivity index is 2.33. The second-order valence-corrected chi connectivity index (χ2v) is 6.88. The van der Waals surface area contributed by atoms with Crippen molar-refractivity contribution in [1.29, 1.82) is 0 Å². The van der Waals surface area contributed by atoms with Crippen LogP contribution in [0.4, 0.5) is 5.82 Å². The smallest absolute Gasteiger partial charge is 0.400 e. The van der Waals surface area contributed by atoms with Gasteiger partial charge in [-0.25, -0.2) is 4.98 Å². The summed E-state index contributed by atoms with van der Waals surface area (Å²) in [6.45, 7) is 8.74. The first-order valence-corrected chi connectivity index (χ1v) is 7.66. The molecule has 1 aromatic rings. The molecule has 1 saturated heterocycles. The van der Waals surface area contributed by atoms with Crippen molar-refractivity contribution in [2.24, 2.45) is 0 Å². The van der Waals surface area contributed by atoms with E-state index in [1.165, 1.54) is 0 Å². The van der Waals surface area contributed by atoms with E-state index in [1.54, 1.807) is 12.3 Å². The first kappa shape index (κ1) is 17.3. The Morgan fingerprint density at radius 1 is 1.36 bits per heavy atom. The number of halogens is 1. The summed E-state index contributed by atoms with van der Waals surface area (Å²) in [7, 11) is 1.45. The highest BCUT2D eigenvalue weighted by Gasteiger charge is 2.52. The number of nitrogens with two attached hydrogens (primary N) is 1. The zero-order chi connectivity index (χ0) is 16.5. The number of likely N-dealkylation sites (N-methyl/N-ethyl adjacent to an activating group) is 1. The van der Waals surface area contributed by atoms with Crippen molar-refractivity contribution in [3.05, 3.63) is 28.3 Å². The third-order valence-electron chi connectivity index (χ3n) is 4.18. The van der Waals surface area contributed by atoms with E-state index in [9.17, 15) is 0 Å². The van der Waals surface area contributed by atoms with Gasteiger partial charge in [-0.05, 0) is 46.3 Å². The molecule has 1 aliphatic heterocycles. The van der Waals surface area contributed by atoms with E-state index in [4.69, 9.17) is 26.6 Å². The van der Waals surface area contributed by atoms with Crippen molar-refractivity contribution in [2.45, 2.75) is 38.9 Å². The Hall–Kier alpha value is -1.08. The zero-order valence-corrected chi connectivity index (χ0v) is 14.5. The van der Waals surface area contributed by atoms with Crippen molar-refractivity contribution in [3.8, 4) is 0 Å². The van der Waals surface area contributed by atoms with Crippen molar-refractivity contribution in [1.82, 2.24) is 10.3 Å². The van der Waals surface area contributed by atoms with Gasteiger partial charge in [-0.1, -0.05) is 17.7 Å². The van der Waals surface area contributed by atoms with Crippen molar-refractivity contribution >= 4 is 30.6 Å². The summed E-state index contributed by atoms with van der Waals surface area (Å²) in [5, 5.41) is 3.69. The molecule has 3 N–H and O–H groups in total. The minimum atomic E-state index is -0.425. The van der Waals surface area contributed by atoms with Gasteiger partial charge in [0.1, 0.15) is 5.82 Å². The number of nitrogens with one attached hydrogen (secondary N) is 1. The van der Waals surface area contributed by atoms with Crippen LogP contribution in [-0.2, 0) is 9.31 Å². The average Bonchev–Trinajstić information content (AvgIpc) is 2.61. The zero-order valence-electron chi connectivity index (χ0n) is 13.7. The minimum absolute atomic E-state index is 0.381. The molecule has 0 amide bonds. The Bertz CT molecular complexity index is 574. The number of rotatable bonds is 4. The Morgan fingerprint density at radius 3 is 2.45 bits per heavy atom. The molecule has 0 bridgehead atoms. The molecule has 120 valence electrons. The summed E-state index contributed by atoms with van der Waals surface area (Å²) >= 11 is 6.23. The third-order valence-corrected chi connectivity index (χ3v) is 4.51. The molecule has 2 rings (SSSR count). The molecule has 0 atom stereocenters. The topological polar surface area (TPSA) is 69.4 Å². The monoisotopic (exact) mass is 323 g/mol. The summed E-state index contributed by atoms with van der Waals surface area (Å²) in [6.07, 6.45) is 3.59. The number of aromatic nitrogens is 1. The van der Waals surface area contributed by atoms with Crippen LogP contribution in [0.15, 0.2) is 17.7 Å². The van der Waals surface area contributed by atoms with Gasteiger partial charge in [-0.3, -0.25) is 0 Å². The molecule has 22 heavy (non-hydrogen) atoms. The van der Waals surface area contributed by atoms with Crippen molar-refractivity contribution in [3.63, 3.8) is 0 Å². The normalized spacial score (nSPS) is 20.5. The highest BCUT2D eigenvalue weighted by Crippen LogP contribution is 2.38. The van der Waals surface area contributed by atoms with Gasteiger partial charge < -0.3 is 20.4 Å². The molecule has 2 heterocycles. The SMILES string of the molecule is CNCC(=Cc1cnc(N)cc1Cl)B1OC(C)(C)C(C)(C)O1. The predicted octanol–water partition coefficient (Wildman–Crippen LogP) is 2.55. The molecule has 0 spiro atoms. The van der Waals surface area contributed by atoms with Crippen LogP contribution in [-0.4, -0.2) is 36.9 Å². The van der Waals surface area contributed by atoms with Gasteiger partial charge in [0.2, 0.25) is 0 Å². The molecule has 0 radical (unpaired) electrons. The number of nitrogen functional groups attached to an aromatic ring is 1. The summed E-state index contributed by atoms with van der Waals surface area (Å²) in [5.74, 6) is 0.396. The molecule has 1 aromatic heterocycles. The Labute approximate surface area is 137 Å². The number of hydrogen-bond acceptors (Lipinski definition) is 5. The van der Waals surface area contributed by atoms with Crippen LogP contribution in [0.2, 0.25) is 5.02 Å². The summed E-state index contributed by atoms with van der Waals surface area (Å²) in [5.41, 5.74) is 6.61. The molecule has 0 unspecified atom stereocenters. The van der Waals surface area contributed by atoms with Crippen LogP contribution in [0.1, 0.15) is 33.3 Å². The van der Waals surface area contributed by atoms with Crippen LogP contribution >= 0.6 is 11.6 Å². The lowest BCUT2D eigenvalue weighted by Crippen LogP contribution is -2.41. The molecular weight excluding hydrogens is 300 g/mol. The number of nitrogens with zero attached hydrogens (tertiary/aromatic N) is 1. The highest BCUT2D eigenvalue weighted by molar-refractivity contribution is 6.56. The lowest BCUT2D eigenvalue weighted by Gasteiger charge is -2.32. The van der Waals surface area contributed by atoms with Gasteiger partial charge in [0, 0.05) is 18.3 Å². The standard InChI is InChI=1S/C15H23BClN3O2/c1-14(2)15(3,4)22-16(21-14)11(9-19-5)6-10-8-20-13(18)7-12(10)17/h6-8,19H,9H2,1-5H3,(H2,18,20). The fourth-order valence-corrected chi connectivity index (χ4v) is 2.38. The van der Waals surface area contributed by atoms with Crippen LogP contribution in [0.5, 0.6) is 0 Å². The molecule has 0 aromatic carbocycles. The second-order valence-electron chi connectivity index (χ2n) is 6.47. The fraction of sp³-hybridized carbons (Fsp3) is 0.533. The molecule has 0 saturated carbocycles. The van der Waals surface area contributed by atoms with E-state index in [2.05, 4.69) is 10.3 Å². The number of anilines is 1. The van der Waals surface area contributed by atoms with E-state index in [-0.39, 0.29) is 11.2 Å². The average molecular weight is 324 g/mol. The van der Waals surface area contributed by atoms with E-state index in [0.717, 1.165) is 11.0 Å². The summed E-state index contributed by atoms with van der Waals surface area (Å²) in [4.78, 5) is 4.08. The van der Waals surface area contributed by atoms with Gasteiger partial charge in [-0.15, -0.1) is 0 Å². The van der Waals surface area contributed by atoms with E-state index in [0.29, 0.717) is 17.4 Å². The predicted molar refractivity (Wildman–Crippen MR) is 91.6 cm³/mol. The lowest BCUT2D eigenvalue weighted by molar-refractivity contribution is 0.00578. The minimum Gasteiger partial charge on any atom is -0.400 e. The molecule has 1 aliphatic rings. The fourth-order valence-electron chi connectivity index (χ4n) is 2.16. The number of hydrogen-bond donors (Lipinski definition) is 2. The van der Waals surface area contributed by atoms with Gasteiger partial charge in [0.25, 0.3) is 0 Å². The van der Waals surface area contributed by atoms with Gasteiger partial charge in [0.15, 0.2) is 0 Å². The third kappa shape index (κ3) is 3.46.